The van der Waals surface area contributed by atoms with Crippen LogP contribution in [0.1, 0.15) is 32.1 Å². The van der Waals surface area contributed by atoms with Crippen LogP contribution < -0.4 is 27.5 Å². The first-order chi connectivity index (χ1) is 12.8. The Balaban J connectivity index is 1.94. The molecule has 2 heterocycles. The van der Waals surface area contributed by atoms with Gasteiger partial charge in [-0.25, -0.2) is 4.99 Å². The Hall–Kier alpha value is -3.10. The molecular weight excluding hydrogens is 346 g/mol. The predicted molar refractivity (Wildman–Crippen MR) is 106 cm³/mol. The zero-order chi connectivity index (χ0) is 19.3. The van der Waals surface area contributed by atoms with Gasteiger partial charge in [-0.1, -0.05) is 6.42 Å². The fourth-order valence-electron chi connectivity index (χ4n) is 4.20. The zero-order valence-electron chi connectivity index (χ0n) is 15.5. The molecule has 0 amide bonds. The lowest BCUT2D eigenvalue weighted by Gasteiger charge is -2.45. The Morgan fingerprint density at radius 1 is 0.963 bits per heavy atom. The Labute approximate surface area is 155 Å². The largest absolute Gasteiger partial charge is 0.369 e. The first-order valence-electron chi connectivity index (χ1n) is 9.03. The second-order valence-corrected chi connectivity index (χ2v) is 7.22. The summed E-state index contributed by atoms with van der Waals surface area (Å²) in [5.74, 6) is 0.486. The van der Waals surface area contributed by atoms with Crippen LogP contribution in [-0.4, -0.2) is 26.7 Å². The van der Waals surface area contributed by atoms with E-state index in [1.54, 1.807) is 14.1 Å². The van der Waals surface area contributed by atoms with Crippen LogP contribution in [0.4, 0.5) is 5.69 Å². The third-order valence-corrected chi connectivity index (χ3v) is 5.58. The summed E-state index contributed by atoms with van der Waals surface area (Å²) in [7, 11) is 3.19. The van der Waals surface area contributed by atoms with Gasteiger partial charge in [-0.3, -0.25) is 14.5 Å². The fourth-order valence-corrected chi connectivity index (χ4v) is 4.20. The summed E-state index contributed by atoms with van der Waals surface area (Å²) < 4.78 is 2.73. The number of aromatic nitrogens is 2. The van der Waals surface area contributed by atoms with Crippen molar-refractivity contribution in [2.45, 2.75) is 37.8 Å². The lowest BCUT2D eigenvalue weighted by Crippen LogP contribution is -2.58. The SMILES string of the molecule is Cn1c(=O)c(=O)n(C)c2cc(N3C(N)=NC(N)=NC34CCCCC4)ccc21. The molecule has 142 valence electrons. The first kappa shape index (κ1) is 17.3. The lowest BCUT2D eigenvalue weighted by atomic mass is 9.87. The van der Waals surface area contributed by atoms with Gasteiger partial charge in [-0.2, -0.15) is 4.99 Å². The maximum absolute atomic E-state index is 12.2. The number of aryl methyl sites for hydroxylation is 2. The van der Waals surface area contributed by atoms with Crippen LogP contribution in [0.5, 0.6) is 0 Å². The van der Waals surface area contributed by atoms with E-state index in [1.807, 2.05) is 23.1 Å². The minimum absolute atomic E-state index is 0.196. The average molecular weight is 369 g/mol. The summed E-state index contributed by atoms with van der Waals surface area (Å²) in [4.78, 5) is 35.0. The topological polar surface area (TPSA) is 124 Å². The summed E-state index contributed by atoms with van der Waals surface area (Å²) >= 11 is 0. The molecule has 2 aromatic rings. The van der Waals surface area contributed by atoms with Crippen LogP contribution in [0, 0.1) is 0 Å². The number of nitrogens with zero attached hydrogens (tertiary/aromatic N) is 5. The number of aliphatic imine (C=N–C) groups is 2. The maximum Gasteiger partial charge on any atom is 0.316 e. The number of rotatable bonds is 1. The number of fused-ring (bicyclic) bond motifs is 1. The lowest BCUT2D eigenvalue weighted by molar-refractivity contribution is 0.305. The van der Waals surface area contributed by atoms with Gasteiger partial charge in [0.05, 0.1) is 11.0 Å². The molecule has 1 aliphatic heterocycles. The first-order valence-corrected chi connectivity index (χ1v) is 9.03. The van der Waals surface area contributed by atoms with Crippen LogP contribution in [0.2, 0.25) is 0 Å². The van der Waals surface area contributed by atoms with Crippen LogP contribution in [-0.2, 0) is 14.1 Å². The average Bonchev–Trinajstić information content (AvgIpc) is 2.64. The Kier molecular flexibility index (Phi) is 3.83. The number of guanidine groups is 2. The molecular formula is C18H23N7O2. The van der Waals surface area contributed by atoms with Crippen molar-refractivity contribution >= 4 is 28.6 Å². The van der Waals surface area contributed by atoms with Crippen molar-refractivity contribution in [1.82, 2.24) is 9.13 Å². The van der Waals surface area contributed by atoms with Gasteiger partial charge in [0.2, 0.25) is 11.9 Å². The highest BCUT2D eigenvalue weighted by molar-refractivity contribution is 6.06. The molecule has 27 heavy (non-hydrogen) atoms. The van der Waals surface area contributed by atoms with Gasteiger partial charge in [0.15, 0.2) is 0 Å². The molecule has 9 nitrogen and oxygen atoms in total. The Bertz CT molecular complexity index is 1100. The van der Waals surface area contributed by atoms with E-state index >= 15 is 0 Å². The summed E-state index contributed by atoms with van der Waals surface area (Å²) in [6, 6.07) is 5.55. The van der Waals surface area contributed by atoms with Gasteiger partial charge in [-0.05, 0) is 43.9 Å². The van der Waals surface area contributed by atoms with E-state index in [-0.39, 0.29) is 5.96 Å². The van der Waals surface area contributed by atoms with Gasteiger partial charge in [0.25, 0.3) is 0 Å². The number of benzene rings is 1. The van der Waals surface area contributed by atoms with Crippen LogP contribution >= 0.6 is 0 Å². The van der Waals surface area contributed by atoms with E-state index < -0.39 is 16.8 Å². The number of anilines is 1. The molecule has 0 radical (unpaired) electrons. The quantitative estimate of drug-likeness (QED) is 0.702. The van der Waals surface area contributed by atoms with Crippen molar-refractivity contribution < 1.29 is 0 Å². The van der Waals surface area contributed by atoms with E-state index in [4.69, 9.17) is 11.5 Å². The van der Waals surface area contributed by atoms with Gasteiger partial charge < -0.3 is 20.6 Å². The third-order valence-electron chi connectivity index (χ3n) is 5.58. The molecule has 1 saturated carbocycles. The highest BCUT2D eigenvalue weighted by atomic mass is 16.2. The van der Waals surface area contributed by atoms with E-state index in [1.165, 1.54) is 9.13 Å². The maximum atomic E-state index is 12.2. The molecule has 0 saturated heterocycles. The minimum Gasteiger partial charge on any atom is -0.369 e. The van der Waals surface area contributed by atoms with Gasteiger partial charge in [-0.15, -0.1) is 0 Å². The van der Waals surface area contributed by atoms with Gasteiger partial charge >= 0.3 is 11.1 Å². The van der Waals surface area contributed by atoms with E-state index in [0.717, 1.165) is 37.8 Å². The van der Waals surface area contributed by atoms with E-state index in [0.29, 0.717) is 17.0 Å². The molecule has 1 fully saturated rings. The standard InChI is InChI=1S/C18H23N7O2/c1-23-12-7-6-11(10-13(12)24(2)15(27)14(23)26)25-17(20)21-16(19)22-18(25)8-4-3-5-9-18/h6-7,10H,3-5,8-9H2,1-2H3,(H4,19,20,21,22). The molecule has 0 atom stereocenters. The smallest absolute Gasteiger partial charge is 0.316 e. The second kappa shape index (κ2) is 5.97. The second-order valence-electron chi connectivity index (χ2n) is 7.22. The van der Waals surface area contributed by atoms with E-state index in [2.05, 4.69) is 9.98 Å². The number of hydrogen-bond acceptors (Lipinski definition) is 7. The minimum atomic E-state index is -0.572. The molecule has 0 unspecified atom stereocenters. The molecule has 4 N–H and O–H groups in total. The van der Waals surface area contributed by atoms with E-state index in [9.17, 15) is 9.59 Å². The van der Waals surface area contributed by atoms with Gasteiger partial charge in [0.1, 0.15) is 5.66 Å². The van der Waals surface area contributed by atoms with Gasteiger partial charge in [0, 0.05) is 19.8 Å². The summed E-state index contributed by atoms with van der Waals surface area (Å²) in [6.45, 7) is 0. The van der Waals surface area contributed by atoms with Crippen LogP contribution in [0.25, 0.3) is 11.0 Å². The van der Waals surface area contributed by atoms with Crippen LogP contribution in [0.3, 0.4) is 0 Å². The number of nitrogens with two attached hydrogens (primary N) is 2. The zero-order valence-corrected chi connectivity index (χ0v) is 15.5. The molecule has 1 aliphatic carbocycles. The molecule has 1 spiro atoms. The normalized spacial score (nSPS) is 19.3. The highest BCUT2D eigenvalue weighted by Gasteiger charge is 2.42. The summed E-state index contributed by atoms with van der Waals surface area (Å²) in [5.41, 5.74) is 12.6. The van der Waals surface area contributed by atoms with Crippen LogP contribution in [0.15, 0.2) is 37.8 Å². The Morgan fingerprint density at radius 2 is 1.59 bits per heavy atom. The highest BCUT2D eigenvalue weighted by Crippen LogP contribution is 2.39. The molecule has 1 aromatic carbocycles. The summed E-state index contributed by atoms with van der Waals surface area (Å²) in [5, 5.41) is 0. The molecule has 2 aliphatic rings. The Morgan fingerprint density at radius 3 is 2.26 bits per heavy atom. The van der Waals surface area contributed by atoms with Crippen molar-refractivity contribution in [1.29, 1.82) is 0 Å². The van der Waals surface area contributed by atoms with Crippen molar-refractivity contribution in [2.24, 2.45) is 35.5 Å². The van der Waals surface area contributed by atoms with Crippen molar-refractivity contribution in [3.63, 3.8) is 0 Å². The molecule has 0 bridgehead atoms. The van der Waals surface area contributed by atoms with Crippen molar-refractivity contribution in [2.75, 3.05) is 4.90 Å². The van der Waals surface area contributed by atoms with Crippen molar-refractivity contribution in [3.8, 4) is 0 Å². The summed E-state index contributed by atoms with van der Waals surface area (Å²) in [6.07, 6.45) is 4.86. The fraction of sp³-hybridized carbons (Fsp3) is 0.444. The molecule has 9 heteroatoms. The van der Waals surface area contributed by atoms with Crippen molar-refractivity contribution in [3.05, 3.63) is 38.9 Å². The predicted octanol–water partition coefficient (Wildman–Crippen LogP) is 0.347. The number of hydrogen-bond donors (Lipinski definition) is 2. The monoisotopic (exact) mass is 369 g/mol. The molecule has 1 aromatic heterocycles. The molecule has 4 rings (SSSR count). The third kappa shape index (κ3) is 2.53.